The highest BCUT2D eigenvalue weighted by molar-refractivity contribution is 7.99. The van der Waals surface area contributed by atoms with Gasteiger partial charge < -0.3 is 5.32 Å². The molecule has 5 nitrogen and oxygen atoms in total. The monoisotopic (exact) mass is 298 g/mol. The number of quaternary nitrogens is 1. The molecule has 0 atom stereocenters. The van der Waals surface area contributed by atoms with E-state index in [2.05, 4.69) is 33.0 Å². The molecule has 0 saturated heterocycles. The van der Waals surface area contributed by atoms with Gasteiger partial charge in [0, 0.05) is 29.8 Å². The minimum Gasteiger partial charge on any atom is -0.342 e. The van der Waals surface area contributed by atoms with E-state index in [-0.39, 0.29) is 0 Å². The van der Waals surface area contributed by atoms with Crippen LogP contribution in [0.3, 0.4) is 0 Å². The van der Waals surface area contributed by atoms with Gasteiger partial charge in [-0.1, -0.05) is 35.5 Å². The lowest BCUT2D eigenvalue weighted by Crippen LogP contribution is -2.82. The predicted molar refractivity (Wildman–Crippen MR) is 76.1 cm³/mol. The molecule has 2 rings (SSSR count). The molecule has 2 N–H and O–H groups in total. The molecule has 0 amide bonds. The van der Waals surface area contributed by atoms with Crippen molar-refractivity contribution in [3.8, 4) is 0 Å². The van der Waals surface area contributed by atoms with Crippen LogP contribution in [0, 0.1) is 0 Å². The first-order chi connectivity index (χ1) is 9.25. The number of benzene rings is 1. The second-order valence-electron chi connectivity index (χ2n) is 4.20. The van der Waals surface area contributed by atoms with E-state index >= 15 is 0 Å². The topological polar surface area (TPSA) is 60.2 Å². The summed E-state index contributed by atoms with van der Waals surface area (Å²) in [6, 6.07) is 8.00. The molecule has 0 aliphatic heterocycles. The Balaban J connectivity index is 1.57. The molecular formula is C12H17ClN5S+. The highest BCUT2D eigenvalue weighted by Crippen LogP contribution is 2.12. The molecule has 1 heterocycles. The number of aromatic nitrogens is 4. The van der Waals surface area contributed by atoms with Crippen molar-refractivity contribution in [3.63, 3.8) is 0 Å². The molecule has 0 saturated carbocycles. The smallest absolute Gasteiger partial charge is 0.209 e. The zero-order valence-electron chi connectivity index (χ0n) is 10.8. The molecule has 0 radical (unpaired) electrons. The first-order valence-electron chi connectivity index (χ1n) is 6.17. The molecule has 19 heavy (non-hydrogen) atoms. The van der Waals surface area contributed by atoms with Gasteiger partial charge in [-0.05, 0) is 22.6 Å². The van der Waals surface area contributed by atoms with E-state index in [9.17, 15) is 0 Å². The van der Waals surface area contributed by atoms with Gasteiger partial charge in [0.15, 0.2) is 0 Å². The second-order valence-corrected chi connectivity index (χ2v) is 5.69. The summed E-state index contributed by atoms with van der Waals surface area (Å²) in [5, 5.41) is 15.3. The molecule has 7 heteroatoms. The Morgan fingerprint density at radius 3 is 2.79 bits per heavy atom. The van der Waals surface area contributed by atoms with Crippen LogP contribution in [0.25, 0.3) is 0 Å². The van der Waals surface area contributed by atoms with Crippen LogP contribution in [0.5, 0.6) is 0 Å². The molecule has 102 valence electrons. The minimum absolute atomic E-state index is 0.789. The molecule has 1 aromatic heterocycles. The van der Waals surface area contributed by atoms with Crippen molar-refractivity contribution in [1.29, 1.82) is 0 Å². The molecule has 1 aromatic carbocycles. The maximum absolute atomic E-state index is 5.84. The Hall–Kier alpha value is -1.11. The second kappa shape index (κ2) is 7.47. The highest BCUT2D eigenvalue weighted by atomic mass is 35.5. The van der Waals surface area contributed by atoms with Gasteiger partial charge in [0.05, 0.1) is 6.54 Å². The third-order valence-electron chi connectivity index (χ3n) is 2.66. The van der Waals surface area contributed by atoms with Crippen molar-refractivity contribution in [2.24, 2.45) is 7.05 Å². The number of halogens is 1. The van der Waals surface area contributed by atoms with Gasteiger partial charge in [0.25, 0.3) is 0 Å². The Morgan fingerprint density at radius 2 is 2.11 bits per heavy atom. The summed E-state index contributed by atoms with van der Waals surface area (Å²) in [6.07, 6.45) is 1.13. The number of rotatable bonds is 7. The fraction of sp³-hybridized carbons (Fsp3) is 0.417. The summed E-state index contributed by atoms with van der Waals surface area (Å²) < 4.78 is 1.70. The van der Waals surface area contributed by atoms with Gasteiger partial charge >= 0.3 is 0 Å². The van der Waals surface area contributed by atoms with Crippen molar-refractivity contribution in [2.45, 2.75) is 18.1 Å². The lowest BCUT2D eigenvalue weighted by molar-refractivity contribution is -0.670. The van der Waals surface area contributed by atoms with Crippen molar-refractivity contribution in [1.82, 2.24) is 20.2 Å². The number of thioether (sulfide) groups is 1. The standard InChI is InChI=1S/C12H16ClN5S/c1-18-12(15-16-17-18)19-8-2-7-14-9-10-3-5-11(13)6-4-10/h3-6,14H,2,7-9H2,1H3/p+1. The molecular weight excluding hydrogens is 282 g/mol. The van der Waals surface area contributed by atoms with E-state index in [4.69, 9.17) is 11.6 Å². The van der Waals surface area contributed by atoms with Crippen molar-refractivity contribution in [2.75, 3.05) is 12.3 Å². The summed E-state index contributed by atoms with van der Waals surface area (Å²) in [4.78, 5) is 0. The predicted octanol–water partition coefficient (Wildman–Crippen LogP) is 1.11. The van der Waals surface area contributed by atoms with E-state index in [0.29, 0.717) is 0 Å². The summed E-state index contributed by atoms with van der Waals surface area (Å²) >= 11 is 7.54. The van der Waals surface area contributed by atoms with Gasteiger partial charge in [-0.3, -0.25) is 0 Å². The van der Waals surface area contributed by atoms with Crippen LogP contribution in [0.4, 0.5) is 0 Å². The first-order valence-corrected chi connectivity index (χ1v) is 7.53. The zero-order chi connectivity index (χ0) is 13.5. The summed E-state index contributed by atoms with van der Waals surface area (Å²) in [5.74, 6) is 1.03. The maximum atomic E-state index is 5.84. The van der Waals surface area contributed by atoms with E-state index in [1.54, 1.807) is 16.4 Å². The Labute approximate surface area is 121 Å². The van der Waals surface area contributed by atoms with E-state index < -0.39 is 0 Å². The van der Waals surface area contributed by atoms with E-state index in [1.165, 1.54) is 5.56 Å². The third kappa shape index (κ3) is 4.81. The molecule has 2 aromatic rings. The number of tetrazole rings is 1. The Morgan fingerprint density at radius 1 is 1.32 bits per heavy atom. The van der Waals surface area contributed by atoms with Gasteiger partial charge in [-0.15, -0.1) is 5.10 Å². The fourth-order valence-corrected chi connectivity index (χ4v) is 2.56. The number of aryl methyl sites for hydroxylation is 1. The Bertz CT molecular complexity index is 499. The summed E-state index contributed by atoms with van der Waals surface area (Å²) in [6.45, 7) is 2.09. The molecule has 0 fully saturated rings. The lowest BCUT2D eigenvalue weighted by atomic mass is 10.2. The van der Waals surface area contributed by atoms with Crippen LogP contribution in [-0.2, 0) is 13.6 Å². The number of hydrogen-bond donors (Lipinski definition) is 1. The number of nitrogens with zero attached hydrogens (tertiary/aromatic N) is 4. The molecule has 0 aliphatic rings. The average Bonchev–Trinajstić information content (AvgIpc) is 2.81. The van der Waals surface area contributed by atoms with Gasteiger partial charge in [-0.25, -0.2) is 4.68 Å². The molecule has 0 unspecified atom stereocenters. The van der Waals surface area contributed by atoms with Crippen molar-refractivity contribution in [3.05, 3.63) is 34.9 Å². The van der Waals surface area contributed by atoms with Crippen molar-refractivity contribution >= 4 is 23.4 Å². The van der Waals surface area contributed by atoms with Gasteiger partial charge in [-0.2, -0.15) is 0 Å². The van der Waals surface area contributed by atoms with Crippen LogP contribution in [0.15, 0.2) is 29.4 Å². The third-order valence-corrected chi connectivity index (χ3v) is 4.01. The van der Waals surface area contributed by atoms with Gasteiger partial charge in [0.1, 0.15) is 6.54 Å². The van der Waals surface area contributed by atoms with Crippen LogP contribution >= 0.6 is 23.4 Å². The van der Waals surface area contributed by atoms with Crippen LogP contribution < -0.4 is 5.32 Å². The minimum atomic E-state index is 0.789. The van der Waals surface area contributed by atoms with Crippen molar-refractivity contribution < 1.29 is 5.32 Å². The highest BCUT2D eigenvalue weighted by Gasteiger charge is 2.02. The molecule has 0 spiro atoms. The zero-order valence-corrected chi connectivity index (χ0v) is 12.4. The lowest BCUT2D eigenvalue weighted by Gasteiger charge is -2.02. The quantitative estimate of drug-likeness (QED) is 0.614. The van der Waals surface area contributed by atoms with Crippen LogP contribution in [0.2, 0.25) is 5.02 Å². The van der Waals surface area contributed by atoms with E-state index in [0.717, 1.165) is 35.4 Å². The van der Waals surface area contributed by atoms with Crippen LogP contribution in [-0.4, -0.2) is 32.5 Å². The van der Waals surface area contributed by atoms with E-state index in [1.807, 2.05) is 19.2 Å². The summed E-state index contributed by atoms with van der Waals surface area (Å²) in [5.41, 5.74) is 1.30. The molecule has 0 bridgehead atoms. The summed E-state index contributed by atoms with van der Waals surface area (Å²) in [7, 11) is 1.86. The fourth-order valence-electron chi connectivity index (χ4n) is 1.62. The molecule has 0 aliphatic carbocycles. The Kier molecular flexibility index (Phi) is 5.62. The SMILES string of the molecule is Cn1nnnc1SCCC[NH2+]Cc1ccc(Cl)cc1. The largest absolute Gasteiger partial charge is 0.342 e. The number of nitrogens with two attached hydrogens (primary N) is 1. The van der Waals surface area contributed by atoms with Gasteiger partial charge in [0.2, 0.25) is 5.16 Å². The normalized spacial score (nSPS) is 10.8. The first kappa shape index (κ1) is 14.3. The number of hydrogen-bond acceptors (Lipinski definition) is 4. The van der Waals surface area contributed by atoms with Crippen LogP contribution in [0.1, 0.15) is 12.0 Å². The average molecular weight is 299 g/mol. The maximum Gasteiger partial charge on any atom is 0.209 e.